The van der Waals surface area contributed by atoms with E-state index in [0.29, 0.717) is 18.2 Å². The predicted octanol–water partition coefficient (Wildman–Crippen LogP) is 1.94. The molecule has 0 unspecified atom stereocenters. The maximum atomic E-state index is 5.89. The fourth-order valence-corrected chi connectivity index (χ4v) is 2.56. The Morgan fingerprint density at radius 1 is 1.15 bits per heavy atom. The summed E-state index contributed by atoms with van der Waals surface area (Å²) in [5.74, 6) is 0.880. The van der Waals surface area contributed by atoms with E-state index in [0.717, 1.165) is 5.92 Å². The summed E-state index contributed by atoms with van der Waals surface area (Å²) in [5.41, 5.74) is 0. The molecule has 2 saturated heterocycles. The van der Waals surface area contributed by atoms with Crippen LogP contribution < -0.4 is 5.32 Å². The molecular weight excluding hydrogens is 162 g/mol. The second kappa shape index (κ2) is 3.97. The molecule has 1 N–H and O–H groups in total. The summed E-state index contributed by atoms with van der Waals surface area (Å²) in [4.78, 5) is 0. The largest absolute Gasteiger partial charge is 0.374 e. The monoisotopic (exact) mass is 183 g/mol. The molecule has 2 nitrogen and oxygen atoms in total. The van der Waals surface area contributed by atoms with Crippen LogP contribution >= 0.6 is 0 Å². The Morgan fingerprint density at radius 2 is 2.00 bits per heavy atom. The molecule has 0 aliphatic carbocycles. The minimum atomic E-state index is 0.490. The van der Waals surface area contributed by atoms with Crippen molar-refractivity contribution in [3.8, 4) is 0 Å². The fourth-order valence-electron chi connectivity index (χ4n) is 2.56. The summed E-state index contributed by atoms with van der Waals surface area (Å²) < 4.78 is 5.89. The van der Waals surface area contributed by atoms with E-state index < -0.39 is 0 Å². The van der Waals surface area contributed by atoms with E-state index in [2.05, 4.69) is 19.2 Å². The second-order valence-electron chi connectivity index (χ2n) is 4.75. The maximum absolute atomic E-state index is 5.89. The lowest BCUT2D eigenvalue weighted by molar-refractivity contribution is 0.0210. The highest BCUT2D eigenvalue weighted by Gasteiger charge is 2.31. The molecule has 2 heteroatoms. The van der Waals surface area contributed by atoms with E-state index in [-0.39, 0.29) is 0 Å². The Hall–Kier alpha value is -0.0800. The molecule has 0 amide bonds. The van der Waals surface area contributed by atoms with Gasteiger partial charge in [0.05, 0.1) is 12.2 Å². The van der Waals surface area contributed by atoms with Crippen molar-refractivity contribution >= 4 is 0 Å². The number of nitrogens with one attached hydrogen (secondary N) is 1. The minimum Gasteiger partial charge on any atom is -0.374 e. The molecule has 0 aromatic rings. The zero-order chi connectivity index (χ0) is 9.26. The minimum absolute atomic E-state index is 0.490. The lowest BCUT2D eigenvalue weighted by Gasteiger charge is -2.32. The van der Waals surface area contributed by atoms with Crippen molar-refractivity contribution in [1.82, 2.24) is 5.32 Å². The van der Waals surface area contributed by atoms with Crippen LogP contribution in [0.3, 0.4) is 0 Å². The summed E-state index contributed by atoms with van der Waals surface area (Å²) in [6.07, 6.45) is 6.13. The fraction of sp³-hybridized carbons (Fsp3) is 1.00. The molecule has 2 rings (SSSR count). The summed E-state index contributed by atoms with van der Waals surface area (Å²) >= 11 is 0. The van der Waals surface area contributed by atoms with Crippen LogP contribution in [-0.2, 0) is 4.74 Å². The SMILES string of the molecule is C[C@H]1CCN[C@H]([C@@H]2CC[C@H](C)O2)C1. The number of rotatable bonds is 1. The van der Waals surface area contributed by atoms with E-state index in [1.807, 2.05) is 0 Å². The Morgan fingerprint density at radius 3 is 2.62 bits per heavy atom. The van der Waals surface area contributed by atoms with Crippen LogP contribution in [0, 0.1) is 5.92 Å². The van der Waals surface area contributed by atoms with Gasteiger partial charge in [0.15, 0.2) is 0 Å². The van der Waals surface area contributed by atoms with Crippen molar-refractivity contribution in [2.45, 2.75) is 57.8 Å². The van der Waals surface area contributed by atoms with Crippen molar-refractivity contribution in [1.29, 1.82) is 0 Å². The van der Waals surface area contributed by atoms with Gasteiger partial charge in [-0.3, -0.25) is 0 Å². The molecule has 0 spiro atoms. The summed E-state index contributed by atoms with van der Waals surface area (Å²) in [6.45, 7) is 5.72. The number of hydrogen-bond donors (Lipinski definition) is 1. The number of piperidine rings is 1. The molecule has 0 saturated carbocycles. The van der Waals surface area contributed by atoms with E-state index in [1.165, 1.54) is 32.2 Å². The molecule has 2 fully saturated rings. The first-order chi connectivity index (χ1) is 6.25. The molecule has 76 valence electrons. The molecule has 13 heavy (non-hydrogen) atoms. The highest BCUT2D eigenvalue weighted by molar-refractivity contribution is 4.86. The third-order valence-electron chi connectivity index (χ3n) is 3.41. The van der Waals surface area contributed by atoms with E-state index in [4.69, 9.17) is 4.74 Å². The number of hydrogen-bond acceptors (Lipinski definition) is 2. The van der Waals surface area contributed by atoms with Gasteiger partial charge in [-0.05, 0) is 45.1 Å². The van der Waals surface area contributed by atoms with Crippen molar-refractivity contribution in [3.05, 3.63) is 0 Å². The van der Waals surface area contributed by atoms with Gasteiger partial charge in [-0.2, -0.15) is 0 Å². The van der Waals surface area contributed by atoms with Gasteiger partial charge >= 0.3 is 0 Å². The van der Waals surface area contributed by atoms with Gasteiger partial charge < -0.3 is 10.1 Å². The third-order valence-corrected chi connectivity index (χ3v) is 3.41. The van der Waals surface area contributed by atoms with Crippen LogP contribution in [-0.4, -0.2) is 24.8 Å². The topological polar surface area (TPSA) is 21.3 Å². The first-order valence-electron chi connectivity index (χ1n) is 5.64. The van der Waals surface area contributed by atoms with Crippen LogP contribution in [0.1, 0.15) is 39.5 Å². The standard InChI is InChI=1S/C11H21NO/c1-8-5-6-12-10(7-8)11-4-3-9(2)13-11/h8-12H,3-7H2,1-2H3/t8-,9-,10-,11-/m0/s1. The molecule has 2 aliphatic heterocycles. The summed E-state index contributed by atoms with van der Waals surface area (Å²) in [6, 6.07) is 0.633. The average molecular weight is 183 g/mol. The number of ether oxygens (including phenoxy) is 1. The maximum Gasteiger partial charge on any atom is 0.0732 e. The van der Waals surface area contributed by atoms with Crippen molar-refractivity contribution < 1.29 is 4.74 Å². The van der Waals surface area contributed by atoms with Crippen molar-refractivity contribution in [3.63, 3.8) is 0 Å². The van der Waals surface area contributed by atoms with E-state index >= 15 is 0 Å². The van der Waals surface area contributed by atoms with E-state index in [9.17, 15) is 0 Å². The molecule has 0 aromatic heterocycles. The van der Waals surface area contributed by atoms with Crippen LogP contribution in [0.15, 0.2) is 0 Å². The van der Waals surface area contributed by atoms with Gasteiger partial charge in [-0.25, -0.2) is 0 Å². The molecular formula is C11H21NO. The normalized spacial score (nSPS) is 46.6. The summed E-state index contributed by atoms with van der Waals surface area (Å²) in [7, 11) is 0. The predicted molar refractivity (Wildman–Crippen MR) is 53.8 cm³/mol. The molecule has 0 radical (unpaired) electrons. The Labute approximate surface area is 81.0 Å². The highest BCUT2D eigenvalue weighted by atomic mass is 16.5. The zero-order valence-corrected chi connectivity index (χ0v) is 8.75. The first kappa shape index (κ1) is 9.47. The molecule has 0 bridgehead atoms. The Bertz CT molecular complexity index is 171. The third kappa shape index (κ3) is 2.23. The van der Waals surface area contributed by atoms with Gasteiger partial charge in [0.2, 0.25) is 0 Å². The van der Waals surface area contributed by atoms with Crippen LogP contribution in [0.2, 0.25) is 0 Å². The van der Waals surface area contributed by atoms with Crippen molar-refractivity contribution in [2.24, 2.45) is 5.92 Å². The van der Waals surface area contributed by atoms with Gasteiger partial charge in [-0.15, -0.1) is 0 Å². The van der Waals surface area contributed by atoms with E-state index in [1.54, 1.807) is 0 Å². The summed E-state index contributed by atoms with van der Waals surface area (Å²) in [5, 5.41) is 3.59. The Balaban J connectivity index is 1.85. The van der Waals surface area contributed by atoms with Gasteiger partial charge in [0, 0.05) is 6.04 Å². The molecule has 2 aliphatic rings. The van der Waals surface area contributed by atoms with Crippen LogP contribution in [0.5, 0.6) is 0 Å². The Kier molecular flexibility index (Phi) is 2.89. The zero-order valence-electron chi connectivity index (χ0n) is 8.75. The average Bonchev–Trinajstić information content (AvgIpc) is 2.52. The smallest absolute Gasteiger partial charge is 0.0732 e. The quantitative estimate of drug-likeness (QED) is 0.671. The van der Waals surface area contributed by atoms with Crippen LogP contribution in [0.25, 0.3) is 0 Å². The first-order valence-corrected chi connectivity index (χ1v) is 5.64. The molecule has 4 atom stereocenters. The molecule has 0 aromatic carbocycles. The van der Waals surface area contributed by atoms with Crippen LogP contribution in [0.4, 0.5) is 0 Å². The van der Waals surface area contributed by atoms with Gasteiger partial charge in [0.1, 0.15) is 0 Å². The second-order valence-corrected chi connectivity index (χ2v) is 4.75. The highest BCUT2D eigenvalue weighted by Crippen LogP contribution is 2.27. The van der Waals surface area contributed by atoms with Gasteiger partial charge in [-0.1, -0.05) is 6.92 Å². The molecule has 2 heterocycles. The lowest BCUT2D eigenvalue weighted by atomic mass is 9.90. The lowest BCUT2D eigenvalue weighted by Crippen LogP contribution is -2.45. The van der Waals surface area contributed by atoms with Gasteiger partial charge in [0.25, 0.3) is 0 Å². The van der Waals surface area contributed by atoms with Crippen molar-refractivity contribution in [2.75, 3.05) is 6.54 Å².